The Kier molecular flexibility index (Phi) is 3.08. The second kappa shape index (κ2) is 4.51. The van der Waals surface area contributed by atoms with Crippen LogP contribution in [0.25, 0.3) is 0 Å². The van der Waals surface area contributed by atoms with E-state index < -0.39 is 0 Å². The van der Waals surface area contributed by atoms with Crippen molar-refractivity contribution in [1.82, 2.24) is 10.1 Å². The number of nitrogens with one attached hydrogen (secondary N) is 2. The molecule has 5 nitrogen and oxygen atoms in total. The molecule has 1 aliphatic rings. The fourth-order valence-electron chi connectivity index (χ4n) is 2.26. The highest BCUT2D eigenvalue weighted by atomic mass is 15.4. The molecule has 2 rings (SSSR count). The highest BCUT2D eigenvalue weighted by molar-refractivity contribution is 5.24. The molecule has 0 atom stereocenters. The van der Waals surface area contributed by atoms with Gasteiger partial charge in [-0.2, -0.15) is 4.68 Å². The Hall–Kier alpha value is -1.26. The van der Waals surface area contributed by atoms with E-state index in [1.807, 2.05) is 0 Å². The van der Waals surface area contributed by atoms with E-state index in [-0.39, 0.29) is 0 Å². The zero-order valence-electron chi connectivity index (χ0n) is 9.29. The Morgan fingerprint density at radius 2 is 2.20 bits per heavy atom. The van der Waals surface area contributed by atoms with E-state index in [0.717, 1.165) is 12.5 Å². The number of nitrogens with zero attached hydrogens (tertiary/aromatic N) is 2. The number of aromatic nitrogens is 3. The van der Waals surface area contributed by atoms with Crippen LogP contribution in [0.2, 0.25) is 0 Å². The van der Waals surface area contributed by atoms with E-state index in [9.17, 15) is 0 Å². The molecule has 1 aromatic heterocycles. The Morgan fingerprint density at radius 1 is 1.47 bits per heavy atom. The van der Waals surface area contributed by atoms with Gasteiger partial charge in [0.1, 0.15) is 6.04 Å². The largest absolute Gasteiger partial charge is 0.413 e. The third-order valence-electron chi connectivity index (χ3n) is 2.96. The minimum atomic E-state index is 0.497. The van der Waals surface area contributed by atoms with Crippen molar-refractivity contribution >= 4 is 11.9 Å². The molecule has 0 bridgehead atoms. The molecule has 84 valence electrons. The second-order valence-corrected chi connectivity index (χ2v) is 4.12. The molecular weight excluding hydrogens is 190 g/mol. The van der Waals surface area contributed by atoms with Crippen LogP contribution in [0.4, 0.5) is 11.9 Å². The molecule has 1 heterocycles. The highest BCUT2D eigenvalue weighted by Gasteiger charge is 2.25. The third kappa shape index (κ3) is 2.22. The minimum Gasteiger partial charge on any atom is -0.353 e. The summed E-state index contributed by atoms with van der Waals surface area (Å²) >= 11 is 0. The predicted octanol–water partition coefficient (Wildman–Crippen LogP) is 1.22. The van der Waals surface area contributed by atoms with Gasteiger partial charge >= 0.3 is 11.9 Å². The summed E-state index contributed by atoms with van der Waals surface area (Å²) in [6.45, 7) is 2.94. The first-order valence-corrected chi connectivity index (χ1v) is 5.82. The van der Waals surface area contributed by atoms with E-state index in [0.29, 0.717) is 12.0 Å². The van der Waals surface area contributed by atoms with Crippen molar-refractivity contribution in [3.8, 4) is 0 Å². The standard InChI is InChI=1S/C10H19N5/c1-2-12-10-13-9(11)14-15(10)8-6-4-3-5-7-8/h8H,2-7H2,1H3,(H3,11,12,13,14)/p+1. The minimum absolute atomic E-state index is 0.497. The van der Waals surface area contributed by atoms with Gasteiger partial charge in [-0.1, -0.05) is 6.42 Å². The maximum absolute atomic E-state index is 5.69. The Morgan fingerprint density at radius 3 is 2.87 bits per heavy atom. The summed E-state index contributed by atoms with van der Waals surface area (Å²) in [5.41, 5.74) is 5.69. The molecule has 5 heteroatoms. The number of nitrogens with two attached hydrogens (primary N) is 1. The average Bonchev–Trinajstić information content (AvgIpc) is 2.62. The summed E-state index contributed by atoms with van der Waals surface area (Å²) < 4.78 is 2.10. The molecule has 0 aliphatic heterocycles. The summed E-state index contributed by atoms with van der Waals surface area (Å²) in [5, 5.41) is 6.35. The number of rotatable bonds is 3. The van der Waals surface area contributed by atoms with Crippen LogP contribution in [-0.4, -0.2) is 16.6 Å². The lowest BCUT2D eigenvalue weighted by molar-refractivity contribution is -0.763. The first-order valence-electron chi connectivity index (χ1n) is 5.82. The number of nitrogen functional groups attached to an aromatic ring is 1. The number of H-pyrrole nitrogens is 1. The van der Waals surface area contributed by atoms with E-state index in [4.69, 9.17) is 5.73 Å². The lowest BCUT2D eigenvalue weighted by atomic mass is 9.96. The maximum Gasteiger partial charge on any atom is 0.413 e. The van der Waals surface area contributed by atoms with Crippen LogP contribution in [0.3, 0.4) is 0 Å². The van der Waals surface area contributed by atoms with Gasteiger partial charge in [0, 0.05) is 0 Å². The average molecular weight is 210 g/mol. The van der Waals surface area contributed by atoms with Crippen molar-refractivity contribution in [2.45, 2.75) is 45.1 Å². The lowest BCUT2D eigenvalue weighted by Gasteiger charge is -2.19. The molecule has 1 aromatic rings. The number of hydrogen-bond donors (Lipinski definition) is 3. The smallest absolute Gasteiger partial charge is 0.353 e. The Labute approximate surface area is 90.1 Å². The van der Waals surface area contributed by atoms with Gasteiger partial charge in [0.2, 0.25) is 0 Å². The summed E-state index contributed by atoms with van der Waals surface area (Å²) in [7, 11) is 0. The topological polar surface area (TPSA) is 70.6 Å². The van der Waals surface area contributed by atoms with Crippen LogP contribution in [0.5, 0.6) is 0 Å². The van der Waals surface area contributed by atoms with Crippen molar-refractivity contribution in [2.24, 2.45) is 0 Å². The van der Waals surface area contributed by atoms with Crippen molar-refractivity contribution in [3.63, 3.8) is 0 Å². The molecule has 0 spiro atoms. The van der Waals surface area contributed by atoms with Gasteiger partial charge in [-0.25, -0.2) is 5.10 Å². The predicted molar refractivity (Wildman–Crippen MR) is 59.5 cm³/mol. The van der Waals surface area contributed by atoms with Gasteiger partial charge in [0.15, 0.2) is 0 Å². The van der Waals surface area contributed by atoms with Crippen LogP contribution in [0, 0.1) is 0 Å². The third-order valence-corrected chi connectivity index (χ3v) is 2.96. The fraction of sp³-hybridized carbons (Fsp3) is 0.800. The fourth-order valence-corrected chi connectivity index (χ4v) is 2.26. The van der Waals surface area contributed by atoms with E-state index >= 15 is 0 Å². The molecule has 0 radical (unpaired) electrons. The zero-order chi connectivity index (χ0) is 10.7. The van der Waals surface area contributed by atoms with Crippen molar-refractivity contribution in [2.75, 3.05) is 17.6 Å². The van der Waals surface area contributed by atoms with Crippen molar-refractivity contribution in [3.05, 3.63) is 0 Å². The van der Waals surface area contributed by atoms with Gasteiger partial charge in [-0.05, 0) is 37.6 Å². The number of anilines is 2. The van der Waals surface area contributed by atoms with E-state index in [2.05, 4.69) is 27.0 Å². The van der Waals surface area contributed by atoms with Crippen LogP contribution in [-0.2, 0) is 0 Å². The summed E-state index contributed by atoms with van der Waals surface area (Å²) in [6, 6.07) is 0.539. The molecule has 0 saturated heterocycles. The molecule has 4 N–H and O–H groups in total. The second-order valence-electron chi connectivity index (χ2n) is 4.12. The van der Waals surface area contributed by atoms with Gasteiger partial charge in [-0.3, -0.25) is 5.32 Å². The van der Waals surface area contributed by atoms with E-state index in [1.165, 1.54) is 32.1 Å². The van der Waals surface area contributed by atoms with E-state index in [1.54, 1.807) is 0 Å². The molecular formula is C10H20N5+. The summed E-state index contributed by atoms with van der Waals surface area (Å²) in [5.74, 6) is 1.37. The maximum atomic E-state index is 5.69. The normalized spacial score (nSPS) is 17.9. The summed E-state index contributed by atoms with van der Waals surface area (Å²) in [4.78, 5) is 4.25. The van der Waals surface area contributed by atoms with Gasteiger partial charge in [0.05, 0.1) is 6.54 Å². The molecule has 1 saturated carbocycles. The quantitative estimate of drug-likeness (QED) is 0.657. The Bertz CT molecular complexity index is 314. The highest BCUT2D eigenvalue weighted by Crippen LogP contribution is 2.24. The molecule has 1 aliphatic carbocycles. The van der Waals surface area contributed by atoms with Crippen LogP contribution in [0.15, 0.2) is 0 Å². The molecule has 0 unspecified atom stereocenters. The van der Waals surface area contributed by atoms with Gasteiger partial charge in [-0.15, -0.1) is 0 Å². The first kappa shape index (κ1) is 10.3. The van der Waals surface area contributed by atoms with Gasteiger partial charge in [0.25, 0.3) is 0 Å². The van der Waals surface area contributed by atoms with Crippen molar-refractivity contribution in [1.29, 1.82) is 0 Å². The molecule has 0 aromatic carbocycles. The van der Waals surface area contributed by atoms with Crippen molar-refractivity contribution < 1.29 is 4.68 Å². The molecule has 15 heavy (non-hydrogen) atoms. The SMILES string of the molecule is CCNc1nc(N)[nH][n+]1C1CCCCC1. The van der Waals surface area contributed by atoms with Crippen LogP contribution < -0.4 is 15.7 Å². The molecule has 0 amide bonds. The summed E-state index contributed by atoms with van der Waals surface area (Å²) in [6.07, 6.45) is 6.43. The Balaban J connectivity index is 2.17. The zero-order valence-corrected chi connectivity index (χ0v) is 9.29. The number of aromatic amines is 1. The number of hydrogen-bond acceptors (Lipinski definition) is 3. The first-order chi connectivity index (χ1) is 7.31. The van der Waals surface area contributed by atoms with Crippen LogP contribution >= 0.6 is 0 Å². The lowest BCUT2D eigenvalue weighted by Crippen LogP contribution is -2.44. The monoisotopic (exact) mass is 210 g/mol. The van der Waals surface area contributed by atoms with Crippen LogP contribution in [0.1, 0.15) is 45.1 Å². The van der Waals surface area contributed by atoms with Gasteiger partial charge < -0.3 is 5.73 Å². The molecule has 1 fully saturated rings.